The van der Waals surface area contributed by atoms with Crippen LogP contribution in [-0.4, -0.2) is 11.7 Å². The molecule has 0 radical (unpaired) electrons. The van der Waals surface area contributed by atoms with Gasteiger partial charge >= 0.3 is 0 Å². The molecular weight excluding hydrogens is 208 g/mol. The van der Waals surface area contributed by atoms with Crippen LogP contribution in [-0.2, 0) is 6.54 Å². The highest BCUT2D eigenvalue weighted by atomic mass is 32.1. The van der Waals surface area contributed by atoms with Crippen LogP contribution in [0.5, 0.6) is 5.75 Å². The molecular formula is C11H12N2OS. The molecule has 0 amide bonds. The summed E-state index contributed by atoms with van der Waals surface area (Å²) in [6.07, 6.45) is 1.80. The summed E-state index contributed by atoms with van der Waals surface area (Å²) in [6, 6.07) is 5.85. The van der Waals surface area contributed by atoms with Crippen molar-refractivity contribution in [3.8, 4) is 5.75 Å². The third kappa shape index (κ3) is 1.68. The summed E-state index contributed by atoms with van der Waals surface area (Å²) in [6.45, 7) is 4.36. The molecule has 0 aliphatic heterocycles. The lowest BCUT2D eigenvalue weighted by Gasteiger charge is -2.01. The average molecular weight is 220 g/mol. The van der Waals surface area contributed by atoms with Crippen molar-refractivity contribution in [1.82, 2.24) is 4.57 Å². The Morgan fingerprint density at radius 3 is 3.07 bits per heavy atom. The molecule has 0 aliphatic carbocycles. The van der Waals surface area contributed by atoms with Crippen molar-refractivity contribution in [3.05, 3.63) is 35.7 Å². The lowest BCUT2D eigenvalue weighted by atomic mass is 10.3. The smallest absolute Gasteiger partial charge is 0.183 e. The van der Waals surface area contributed by atoms with Gasteiger partial charge in [0, 0.05) is 6.54 Å². The molecule has 1 aromatic carbocycles. The van der Waals surface area contributed by atoms with Crippen molar-refractivity contribution in [1.29, 1.82) is 5.41 Å². The van der Waals surface area contributed by atoms with Crippen LogP contribution in [0.15, 0.2) is 30.9 Å². The number of hydrogen-bond donors (Lipinski definition) is 1. The maximum atomic E-state index is 7.82. The topological polar surface area (TPSA) is 38.0 Å². The van der Waals surface area contributed by atoms with Crippen LogP contribution in [0, 0.1) is 5.41 Å². The minimum atomic E-state index is 0.540. The molecule has 4 heteroatoms. The van der Waals surface area contributed by atoms with Crippen molar-refractivity contribution < 1.29 is 4.74 Å². The Balaban J connectivity index is 2.68. The van der Waals surface area contributed by atoms with Gasteiger partial charge in [-0.05, 0) is 18.2 Å². The number of rotatable bonds is 3. The zero-order chi connectivity index (χ0) is 10.8. The van der Waals surface area contributed by atoms with Gasteiger partial charge in [-0.15, -0.1) is 6.58 Å². The van der Waals surface area contributed by atoms with E-state index >= 15 is 0 Å². The minimum Gasteiger partial charge on any atom is -0.497 e. The second kappa shape index (κ2) is 3.90. The number of benzene rings is 1. The Hall–Kier alpha value is -1.55. The first-order chi connectivity index (χ1) is 7.26. The molecule has 0 bridgehead atoms. The van der Waals surface area contributed by atoms with Gasteiger partial charge in [-0.2, -0.15) is 0 Å². The number of nitrogens with one attached hydrogen (secondary N) is 1. The Morgan fingerprint density at radius 2 is 2.40 bits per heavy atom. The maximum absolute atomic E-state index is 7.82. The largest absolute Gasteiger partial charge is 0.497 e. The molecule has 3 nitrogen and oxygen atoms in total. The van der Waals surface area contributed by atoms with Crippen LogP contribution in [0.4, 0.5) is 0 Å². The van der Waals surface area contributed by atoms with Crippen LogP contribution >= 0.6 is 11.3 Å². The summed E-state index contributed by atoms with van der Waals surface area (Å²) in [4.78, 5) is 0.540. The first kappa shape index (κ1) is 9.98. The lowest BCUT2D eigenvalue weighted by Crippen LogP contribution is -2.11. The van der Waals surface area contributed by atoms with E-state index in [1.54, 1.807) is 13.2 Å². The van der Waals surface area contributed by atoms with Crippen molar-refractivity contribution in [2.45, 2.75) is 6.54 Å². The molecule has 0 fully saturated rings. The SMILES string of the molecule is C=CCn1c(=N)sc2cc(OC)ccc21. The van der Waals surface area contributed by atoms with Gasteiger partial charge in [-0.25, -0.2) is 0 Å². The van der Waals surface area contributed by atoms with Crippen LogP contribution in [0.1, 0.15) is 0 Å². The summed E-state index contributed by atoms with van der Waals surface area (Å²) in [5.41, 5.74) is 1.06. The first-order valence-electron chi connectivity index (χ1n) is 4.59. The van der Waals surface area contributed by atoms with E-state index in [-0.39, 0.29) is 0 Å². The highest BCUT2D eigenvalue weighted by Crippen LogP contribution is 2.22. The molecule has 0 aliphatic rings. The van der Waals surface area contributed by atoms with E-state index in [4.69, 9.17) is 10.1 Å². The Morgan fingerprint density at radius 1 is 1.60 bits per heavy atom. The number of hydrogen-bond acceptors (Lipinski definition) is 3. The third-order valence-electron chi connectivity index (χ3n) is 2.22. The molecule has 1 N–H and O–H groups in total. The fraction of sp³-hybridized carbons (Fsp3) is 0.182. The predicted molar refractivity (Wildman–Crippen MR) is 62.4 cm³/mol. The standard InChI is InChI=1S/C11H12N2OS/c1-3-6-13-9-5-4-8(14-2)7-10(9)15-11(13)12/h3-5,7,12H,1,6H2,2H3. The molecule has 2 rings (SSSR count). The second-order valence-corrected chi connectivity index (χ2v) is 4.17. The molecule has 78 valence electrons. The van der Waals surface area contributed by atoms with E-state index < -0.39 is 0 Å². The van der Waals surface area contributed by atoms with E-state index in [1.165, 1.54) is 11.3 Å². The lowest BCUT2D eigenvalue weighted by molar-refractivity contribution is 0.415. The summed E-state index contributed by atoms with van der Waals surface area (Å²) >= 11 is 1.45. The van der Waals surface area contributed by atoms with Crippen LogP contribution in [0.25, 0.3) is 10.2 Å². The van der Waals surface area contributed by atoms with Crippen molar-refractivity contribution in [3.63, 3.8) is 0 Å². The Labute approximate surface area is 91.8 Å². The number of fused-ring (bicyclic) bond motifs is 1. The summed E-state index contributed by atoms with van der Waals surface area (Å²) in [7, 11) is 1.65. The molecule has 0 atom stereocenters. The van der Waals surface area contributed by atoms with Gasteiger partial charge in [0.25, 0.3) is 0 Å². The quantitative estimate of drug-likeness (QED) is 0.792. The van der Waals surface area contributed by atoms with E-state index in [0.717, 1.165) is 16.0 Å². The zero-order valence-corrected chi connectivity index (χ0v) is 9.30. The van der Waals surface area contributed by atoms with Gasteiger partial charge in [0.15, 0.2) is 4.80 Å². The van der Waals surface area contributed by atoms with Crippen LogP contribution in [0.2, 0.25) is 0 Å². The number of allylic oxidation sites excluding steroid dienone is 1. The highest BCUT2D eigenvalue weighted by Gasteiger charge is 2.04. The summed E-state index contributed by atoms with van der Waals surface area (Å²) in [5.74, 6) is 0.828. The molecule has 15 heavy (non-hydrogen) atoms. The fourth-order valence-corrected chi connectivity index (χ4v) is 2.45. The van der Waals surface area contributed by atoms with E-state index in [0.29, 0.717) is 11.3 Å². The van der Waals surface area contributed by atoms with Gasteiger partial charge in [0.1, 0.15) is 5.75 Å². The van der Waals surface area contributed by atoms with Crippen LogP contribution in [0.3, 0.4) is 0 Å². The molecule has 0 saturated heterocycles. The van der Waals surface area contributed by atoms with Gasteiger partial charge < -0.3 is 9.30 Å². The summed E-state index contributed by atoms with van der Waals surface area (Å²) < 4.78 is 8.14. The summed E-state index contributed by atoms with van der Waals surface area (Å²) in [5, 5.41) is 7.82. The maximum Gasteiger partial charge on any atom is 0.183 e. The van der Waals surface area contributed by atoms with Crippen molar-refractivity contribution in [2.24, 2.45) is 0 Å². The van der Waals surface area contributed by atoms with Gasteiger partial charge in [0.05, 0.1) is 17.3 Å². The molecule has 1 aromatic heterocycles. The van der Waals surface area contributed by atoms with E-state index in [1.807, 2.05) is 22.8 Å². The van der Waals surface area contributed by atoms with E-state index in [9.17, 15) is 0 Å². The van der Waals surface area contributed by atoms with Gasteiger partial charge in [-0.1, -0.05) is 17.4 Å². The number of thiazole rings is 1. The Bertz CT molecular complexity index is 553. The molecule has 1 heterocycles. The zero-order valence-electron chi connectivity index (χ0n) is 8.49. The van der Waals surface area contributed by atoms with Gasteiger partial charge in [-0.3, -0.25) is 5.41 Å². The number of aromatic nitrogens is 1. The highest BCUT2D eigenvalue weighted by molar-refractivity contribution is 7.16. The average Bonchev–Trinajstić information content (AvgIpc) is 2.55. The monoisotopic (exact) mass is 220 g/mol. The molecule has 0 spiro atoms. The third-order valence-corrected chi connectivity index (χ3v) is 3.18. The minimum absolute atomic E-state index is 0.540. The van der Waals surface area contributed by atoms with Crippen molar-refractivity contribution >= 4 is 21.6 Å². The molecule has 0 saturated carbocycles. The molecule has 0 unspecified atom stereocenters. The molecule has 2 aromatic rings. The van der Waals surface area contributed by atoms with E-state index in [2.05, 4.69) is 6.58 Å². The Kier molecular flexibility index (Phi) is 2.60. The second-order valence-electron chi connectivity index (χ2n) is 3.14. The normalized spacial score (nSPS) is 10.5. The number of nitrogens with zero attached hydrogens (tertiary/aromatic N) is 1. The van der Waals surface area contributed by atoms with Crippen LogP contribution < -0.4 is 9.54 Å². The van der Waals surface area contributed by atoms with Crippen molar-refractivity contribution in [2.75, 3.05) is 7.11 Å². The predicted octanol–water partition coefficient (Wildman–Crippen LogP) is 2.38. The first-order valence-corrected chi connectivity index (χ1v) is 5.41. The number of ether oxygens (including phenoxy) is 1. The number of methoxy groups -OCH3 is 1. The fourth-order valence-electron chi connectivity index (χ4n) is 1.51. The van der Waals surface area contributed by atoms with Gasteiger partial charge in [0.2, 0.25) is 0 Å².